The van der Waals surface area contributed by atoms with Crippen molar-refractivity contribution in [1.82, 2.24) is 19.7 Å². The van der Waals surface area contributed by atoms with Gasteiger partial charge in [0.15, 0.2) is 5.96 Å². The largest absolute Gasteiger partial charge is 0.357 e. The van der Waals surface area contributed by atoms with Gasteiger partial charge in [0.2, 0.25) is 0 Å². The molecule has 1 aliphatic rings. The van der Waals surface area contributed by atoms with Crippen LogP contribution in [0, 0.1) is 5.92 Å². The summed E-state index contributed by atoms with van der Waals surface area (Å²) in [4.78, 5) is 9.42. The number of rotatable bonds is 6. The van der Waals surface area contributed by atoms with E-state index in [1.165, 1.54) is 38.0 Å². The second-order valence-electron chi connectivity index (χ2n) is 6.89. The molecule has 0 radical (unpaired) electrons. The van der Waals surface area contributed by atoms with Gasteiger partial charge in [0.1, 0.15) is 0 Å². The van der Waals surface area contributed by atoms with Crippen LogP contribution in [0.2, 0.25) is 5.02 Å². The summed E-state index contributed by atoms with van der Waals surface area (Å²) < 4.78 is 2.07. The second kappa shape index (κ2) is 11.3. The van der Waals surface area contributed by atoms with Gasteiger partial charge in [-0.2, -0.15) is 0 Å². The zero-order valence-corrected chi connectivity index (χ0v) is 19.1. The minimum atomic E-state index is 0. The minimum absolute atomic E-state index is 0. The number of hydrogen-bond acceptors (Lipinski definition) is 2. The van der Waals surface area contributed by atoms with Gasteiger partial charge in [-0.25, -0.2) is 0 Å². The Morgan fingerprint density at radius 2 is 2.04 bits per heavy atom. The van der Waals surface area contributed by atoms with Crippen LogP contribution in [0.3, 0.4) is 0 Å². The maximum Gasteiger partial charge on any atom is 0.194 e. The van der Waals surface area contributed by atoms with E-state index in [9.17, 15) is 0 Å². The van der Waals surface area contributed by atoms with Gasteiger partial charge < -0.3 is 19.7 Å². The first-order valence-corrected chi connectivity index (χ1v) is 9.36. The van der Waals surface area contributed by atoms with E-state index in [0.717, 1.165) is 36.5 Å². The summed E-state index contributed by atoms with van der Waals surface area (Å²) in [5.41, 5.74) is 1.18. The minimum Gasteiger partial charge on any atom is -0.357 e. The number of hydrogen-bond donors (Lipinski definition) is 1. The zero-order valence-electron chi connectivity index (χ0n) is 16.0. The Bertz CT molecular complexity index is 538. The molecule has 0 aliphatic carbocycles. The smallest absolute Gasteiger partial charge is 0.194 e. The number of piperidine rings is 1. The Kier molecular flexibility index (Phi) is 10.2. The van der Waals surface area contributed by atoms with E-state index in [2.05, 4.69) is 40.7 Å². The predicted molar refractivity (Wildman–Crippen MR) is 118 cm³/mol. The monoisotopic (exact) mass is 481 g/mol. The molecule has 1 aliphatic heterocycles. The van der Waals surface area contributed by atoms with Crippen LogP contribution < -0.4 is 5.32 Å². The molecule has 7 heteroatoms. The molecule has 0 unspecified atom stereocenters. The lowest BCUT2D eigenvalue weighted by Gasteiger charge is -2.28. The summed E-state index contributed by atoms with van der Waals surface area (Å²) in [6.07, 6.45) is 5.74. The number of aliphatic imine (C=N–C) groups is 1. The van der Waals surface area contributed by atoms with Crippen molar-refractivity contribution in [3.8, 4) is 0 Å². The van der Waals surface area contributed by atoms with Crippen LogP contribution in [0.4, 0.5) is 0 Å². The third kappa shape index (κ3) is 7.35. The molecular weight excluding hydrogens is 449 g/mol. The Hall–Kier alpha value is -0.470. The van der Waals surface area contributed by atoms with Crippen LogP contribution in [0.5, 0.6) is 0 Å². The Labute approximate surface area is 174 Å². The predicted octanol–water partition coefficient (Wildman–Crippen LogP) is 3.43. The summed E-state index contributed by atoms with van der Waals surface area (Å²) in [5.74, 6) is 1.80. The standard InChI is InChI=1S/C18H32ClN5.HI/c1-5-20-18(21-9-6-15-7-10-22(2)11-8-15)24(4)14-17-12-16(19)13-23(17)3;/h12-13,15H,5-11,14H2,1-4H3,(H,20,21);1H. The Morgan fingerprint density at radius 1 is 1.36 bits per heavy atom. The summed E-state index contributed by atoms with van der Waals surface area (Å²) in [6.45, 7) is 7.13. The van der Waals surface area contributed by atoms with Crippen molar-refractivity contribution in [2.75, 3.05) is 40.3 Å². The van der Waals surface area contributed by atoms with E-state index < -0.39 is 0 Å². The van der Waals surface area contributed by atoms with Gasteiger partial charge in [-0.05, 0) is 58.3 Å². The van der Waals surface area contributed by atoms with E-state index >= 15 is 0 Å². The fourth-order valence-corrected chi connectivity index (χ4v) is 3.49. The average Bonchev–Trinajstić information content (AvgIpc) is 2.86. The number of guanidine groups is 1. The van der Waals surface area contributed by atoms with Gasteiger partial charge in [-0.3, -0.25) is 4.99 Å². The topological polar surface area (TPSA) is 35.8 Å². The van der Waals surface area contributed by atoms with Gasteiger partial charge >= 0.3 is 0 Å². The molecule has 5 nitrogen and oxygen atoms in total. The highest BCUT2D eigenvalue weighted by Gasteiger charge is 2.16. The van der Waals surface area contributed by atoms with Gasteiger partial charge in [-0.15, -0.1) is 24.0 Å². The molecule has 2 rings (SSSR count). The maximum atomic E-state index is 6.08. The molecule has 0 spiro atoms. The zero-order chi connectivity index (χ0) is 17.5. The summed E-state index contributed by atoms with van der Waals surface area (Å²) in [7, 11) is 6.32. The average molecular weight is 482 g/mol. The summed E-state index contributed by atoms with van der Waals surface area (Å²) in [5, 5.41) is 4.18. The Balaban J connectivity index is 0.00000312. The summed E-state index contributed by atoms with van der Waals surface area (Å²) >= 11 is 6.08. The van der Waals surface area contributed by atoms with E-state index in [4.69, 9.17) is 16.6 Å². The van der Waals surface area contributed by atoms with Crippen molar-refractivity contribution in [1.29, 1.82) is 0 Å². The first-order chi connectivity index (χ1) is 11.5. The van der Waals surface area contributed by atoms with Crippen LogP contribution in [-0.4, -0.2) is 60.6 Å². The third-order valence-electron chi connectivity index (χ3n) is 4.81. The van der Waals surface area contributed by atoms with Gasteiger partial charge in [-0.1, -0.05) is 11.6 Å². The fraction of sp³-hybridized carbons (Fsp3) is 0.722. The highest BCUT2D eigenvalue weighted by atomic mass is 127. The fourth-order valence-electron chi connectivity index (χ4n) is 3.21. The van der Waals surface area contributed by atoms with E-state index in [-0.39, 0.29) is 24.0 Å². The highest BCUT2D eigenvalue weighted by Crippen LogP contribution is 2.19. The number of nitrogens with one attached hydrogen (secondary N) is 1. The highest BCUT2D eigenvalue weighted by molar-refractivity contribution is 14.0. The first-order valence-electron chi connectivity index (χ1n) is 8.98. The molecule has 0 saturated carbocycles. The third-order valence-corrected chi connectivity index (χ3v) is 5.01. The van der Waals surface area contributed by atoms with Crippen molar-refractivity contribution in [3.63, 3.8) is 0 Å². The molecule has 25 heavy (non-hydrogen) atoms. The molecule has 144 valence electrons. The molecule has 1 aromatic heterocycles. The molecule has 0 amide bonds. The first kappa shape index (κ1) is 22.6. The van der Waals surface area contributed by atoms with Crippen molar-refractivity contribution >= 4 is 41.5 Å². The molecule has 1 saturated heterocycles. The normalized spacial score (nSPS) is 16.6. The molecule has 0 bridgehead atoms. The molecule has 2 heterocycles. The van der Waals surface area contributed by atoms with Crippen molar-refractivity contribution in [2.45, 2.75) is 32.7 Å². The molecule has 1 fully saturated rings. The van der Waals surface area contributed by atoms with Crippen LogP contribution >= 0.6 is 35.6 Å². The Morgan fingerprint density at radius 3 is 2.60 bits per heavy atom. The van der Waals surface area contributed by atoms with Gasteiger partial charge in [0.25, 0.3) is 0 Å². The second-order valence-corrected chi connectivity index (χ2v) is 7.32. The van der Waals surface area contributed by atoms with E-state index in [0.29, 0.717) is 0 Å². The maximum absolute atomic E-state index is 6.08. The molecule has 0 aromatic carbocycles. The van der Waals surface area contributed by atoms with Crippen LogP contribution in [0.1, 0.15) is 31.9 Å². The molecule has 0 atom stereocenters. The number of halogens is 2. The lowest BCUT2D eigenvalue weighted by atomic mass is 9.94. The van der Waals surface area contributed by atoms with Crippen LogP contribution in [0.15, 0.2) is 17.3 Å². The van der Waals surface area contributed by atoms with Gasteiger partial charge in [0, 0.05) is 39.1 Å². The SMILES string of the molecule is CCNC(=NCCC1CCN(C)CC1)N(C)Cc1cc(Cl)cn1C.I. The van der Waals surface area contributed by atoms with Crippen molar-refractivity contribution < 1.29 is 0 Å². The van der Waals surface area contributed by atoms with E-state index in [1.807, 2.05) is 19.3 Å². The van der Waals surface area contributed by atoms with E-state index in [1.54, 1.807) is 0 Å². The van der Waals surface area contributed by atoms with Gasteiger partial charge in [0.05, 0.1) is 11.6 Å². The lowest BCUT2D eigenvalue weighted by Crippen LogP contribution is -2.39. The van der Waals surface area contributed by atoms with Crippen LogP contribution in [-0.2, 0) is 13.6 Å². The summed E-state index contributed by atoms with van der Waals surface area (Å²) in [6, 6.07) is 2.01. The molecular formula is C18H33ClIN5. The number of likely N-dealkylation sites (tertiary alicyclic amines) is 1. The van der Waals surface area contributed by atoms with Crippen molar-refractivity contribution in [3.05, 3.63) is 23.0 Å². The lowest BCUT2D eigenvalue weighted by molar-refractivity contribution is 0.214. The molecule has 1 aromatic rings. The van der Waals surface area contributed by atoms with Crippen LogP contribution in [0.25, 0.3) is 0 Å². The number of aryl methyl sites for hydroxylation is 1. The molecule has 1 N–H and O–H groups in total. The number of aromatic nitrogens is 1. The van der Waals surface area contributed by atoms with Crippen molar-refractivity contribution in [2.24, 2.45) is 18.0 Å². The number of nitrogens with zero attached hydrogens (tertiary/aromatic N) is 4. The quantitative estimate of drug-likeness (QED) is 0.384.